The minimum atomic E-state index is 0.509. The Morgan fingerprint density at radius 1 is 1.07 bits per heavy atom. The molecule has 150 valence electrons. The van der Waals surface area contributed by atoms with Gasteiger partial charge >= 0.3 is 0 Å². The van der Waals surface area contributed by atoms with Crippen molar-refractivity contribution in [3.63, 3.8) is 0 Å². The van der Waals surface area contributed by atoms with E-state index in [0.29, 0.717) is 5.92 Å². The summed E-state index contributed by atoms with van der Waals surface area (Å²) in [6, 6.07) is 21.5. The highest BCUT2D eigenvalue weighted by Gasteiger charge is 2.16. The number of rotatable bonds is 12. The van der Waals surface area contributed by atoms with Gasteiger partial charge in [-0.1, -0.05) is 74.2 Å². The van der Waals surface area contributed by atoms with Gasteiger partial charge in [-0.25, -0.2) is 4.31 Å². The van der Waals surface area contributed by atoms with Gasteiger partial charge in [-0.05, 0) is 74.0 Å². The van der Waals surface area contributed by atoms with Gasteiger partial charge in [0.2, 0.25) is 0 Å². The summed E-state index contributed by atoms with van der Waals surface area (Å²) >= 11 is 1.82. The number of hydrogen-bond acceptors (Lipinski definition) is 3. The zero-order valence-electron chi connectivity index (χ0n) is 17.2. The Kier molecular flexibility index (Phi) is 9.12. The highest BCUT2D eigenvalue weighted by Crippen LogP contribution is 2.30. The standard InChI is InChI=1S/C25H34N2S/c1-27(28-25-16-6-3-7-17-25)21-24(23-14-4-2-5-15-23)18-20-26-19-9-8-11-22-12-10-13-22/h2-7,14-17,19,22,24H,8-13,18,20-21H2,1H3. The molecule has 3 heteroatoms. The molecule has 0 heterocycles. The summed E-state index contributed by atoms with van der Waals surface area (Å²) in [6.07, 6.45) is 11.5. The van der Waals surface area contributed by atoms with Crippen molar-refractivity contribution in [1.82, 2.24) is 4.31 Å². The molecule has 0 spiro atoms. The fourth-order valence-electron chi connectivity index (χ4n) is 3.79. The van der Waals surface area contributed by atoms with Gasteiger partial charge in [0.05, 0.1) is 0 Å². The number of unbranched alkanes of at least 4 members (excludes halogenated alkanes) is 1. The number of aliphatic imine (C=N–C) groups is 1. The fourth-order valence-corrected chi connectivity index (χ4v) is 4.68. The Morgan fingerprint density at radius 3 is 2.46 bits per heavy atom. The first-order valence-corrected chi connectivity index (χ1v) is 11.6. The van der Waals surface area contributed by atoms with E-state index in [1.807, 2.05) is 11.9 Å². The third-order valence-corrected chi connectivity index (χ3v) is 6.60. The molecule has 28 heavy (non-hydrogen) atoms. The number of benzene rings is 2. The molecular formula is C25H34N2S. The SMILES string of the molecule is CN(CC(CCN=CCCCC1CCC1)c1ccccc1)Sc1ccccc1. The Labute approximate surface area is 175 Å². The van der Waals surface area contributed by atoms with Crippen molar-refractivity contribution >= 4 is 18.2 Å². The topological polar surface area (TPSA) is 15.6 Å². The summed E-state index contributed by atoms with van der Waals surface area (Å²) < 4.78 is 2.36. The van der Waals surface area contributed by atoms with Crippen LogP contribution in [0.1, 0.15) is 56.4 Å². The number of likely N-dealkylation sites (N-methyl/N-ethyl adjacent to an activating group) is 1. The van der Waals surface area contributed by atoms with Crippen LogP contribution in [0.4, 0.5) is 0 Å². The second-order valence-electron chi connectivity index (χ2n) is 7.93. The van der Waals surface area contributed by atoms with E-state index in [0.717, 1.165) is 31.8 Å². The maximum Gasteiger partial charge on any atom is 0.0391 e. The van der Waals surface area contributed by atoms with Crippen LogP contribution in [0.25, 0.3) is 0 Å². The summed E-state index contributed by atoms with van der Waals surface area (Å²) in [6.45, 7) is 1.95. The molecule has 1 atom stereocenters. The molecule has 0 aliphatic heterocycles. The predicted octanol–water partition coefficient (Wildman–Crippen LogP) is 6.84. The van der Waals surface area contributed by atoms with E-state index in [4.69, 9.17) is 4.99 Å². The van der Waals surface area contributed by atoms with Gasteiger partial charge in [0.15, 0.2) is 0 Å². The van der Waals surface area contributed by atoms with Crippen LogP contribution < -0.4 is 0 Å². The third kappa shape index (κ3) is 7.44. The highest BCUT2D eigenvalue weighted by atomic mass is 32.2. The molecule has 0 amide bonds. The first-order valence-electron chi connectivity index (χ1n) is 10.8. The summed E-state index contributed by atoms with van der Waals surface area (Å²) in [5.74, 6) is 1.53. The second kappa shape index (κ2) is 12.1. The third-order valence-electron chi connectivity index (χ3n) is 5.66. The Bertz CT molecular complexity index is 682. The zero-order chi connectivity index (χ0) is 19.4. The van der Waals surface area contributed by atoms with Gasteiger partial charge in [-0.15, -0.1) is 0 Å². The maximum absolute atomic E-state index is 4.72. The molecule has 0 saturated heterocycles. The molecule has 1 aliphatic carbocycles. The molecule has 2 nitrogen and oxygen atoms in total. The molecule has 1 fully saturated rings. The second-order valence-corrected chi connectivity index (χ2v) is 9.21. The molecule has 2 aromatic carbocycles. The van der Waals surface area contributed by atoms with Gasteiger partial charge < -0.3 is 0 Å². The van der Waals surface area contributed by atoms with Crippen LogP contribution in [0.5, 0.6) is 0 Å². The largest absolute Gasteiger partial charge is 0.298 e. The van der Waals surface area contributed by atoms with Crippen LogP contribution >= 0.6 is 11.9 Å². The molecule has 1 aliphatic rings. The molecule has 0 bridgehead atoms. The molecule has 2 aromatic rings. The van der Waals surface area contributed by atoms with Crippen molar-refractivity contribution < 1.29 is 0 Å². The molecule has 3 rings (SSSR count). The summed E-state index contributed by atoms with van der Waals surface area (Å²) in [7, 11) is 2.19. The van der Waals surface area contributed by atoms with Crippen molar-refractivity contribution in [3.8, 4) is 0 Å². The Hall–Kier alpha value is -1.58. The van der Waals surface area contributed by atoms with Gasteiger partial charge in [0, 0.05) is 18.0 Å². The monoisotopic (exact) mass is 394 g/mol. The van der Waals surface area contributed by atoms with Crippen LogP contribution in [0.3, 0.4) is 0 Å². The lowest BCUT2D eigenvalue weighted by atomic mass is 9.82. The maximum atomic E-state index is 4.72. The van der Waals surface area contributed by atoms with Gasteiger partial charge in [0.25, 0.3) is 0 Å². The van der Waals surface area contributed by atoms with Crippen LogP contribution in [0.15, 0.2) is 70.6 Å². The van der Waals surface area contributed by atoms with Crippen LogP contribution in [0.2, 0.25) is 0 Å². The highest BCUT2D eigenvalue weighted by molar-refractivity contribution is 7.97. The van der Waals surface area contributed by atoms with Crippen molar-refractivity contribution in [2.24, 2.45) is 10.9 Å². The van der Waals surface area contributed by atoms with Crippen molar-refractivity contribution in [2.75, 3.05) is 20.1 Å². The minimum absolute atomic E-state index is 0.509. The zero-order valence-corrected chi connectivity index (χ0v) is 18.0. The summed E-state index contributed by atoms with van der Waals surface area (Å²) in [5, 5.41) is 0. The van der Waals surface area contributed by atoms with Crippen molar-refractivity contribution in [2.45, 2.75) is 55.8 Å². The van der Waals surface area contributed by atoms with Crippen LogP contribution in [-0.2, 0) is 0 Å². The van der Waals surface area contributed by atoms with Gasteiger partial charge in [0.1, 0.15) is 0 Å². The van der Waals surface area contributed by atoms with E-state index in [1.165, 1.54) is 42.6 Å². The lowest BCUT2D eigenvalue weighted by Crippen LogP contribution is -2.19. The summed E-state index contributed by atoms with van der Waals surface area (Å²) in [5.41, 5.74) is 1.42. The molecule has 1 unspecified atom stereocenters. The average molecular weight is 395 g/mol. The lowest BCUT2D eigenvalue weighted by molar-refractivity contribution is 0.292. The number of hydrogen-bond donors (Lipinski definition) is 0. The normalized spacial score (nSPS) is 15.8. The number of nitrogens with zero attached hydrogens (tertiary/aromatic N) is 2. The van der Waals surface area contributed by atoms with E-state index in [-0.39, 0.29) is 0 Å². The smallest absolute Gasteiger partial charge is 0.0391 e. The van der Waals surface area contributed by atoms with Crippen LogP contribution in [0, 0.1) is 5.92 Å². The molecule has 0 radical (unpaired) electrons. The molecule has 1 saturated carbocycles. The lowest BCUT2D eigenvalue weighted by Gasteiger charge is -2.24. The predicted molar refractivity (Wildman–Crippen MR) is 123 cm³/mol. The van der Waals surface area contributed by atoms with E-state index in [9.17, 15) is 0 Å². The average Bonchev–Trinajstić information content (AvgIpc) is 2.69. The van der Waals surface area contributed by atoms with E-state index in [2.05, 4.69) is 78.2 Å². The Morgan fingerprint density at radius 2 is 1.79 bits per heavy atom. The van der Waals surface area contributed by atoms with E-state index in [1.54, 1.807) is 0 Å². The molecule has 0 aromatic heterocycles. The van der Waals surface area contributed by atoms with E-state index < -0.39 is 0 Å². The first-order chi connectivity index (χ1) is 13.8. The first kappa shape index (κ1) is 21.1. The van der Waals surface area contributed by atoms with Gasteiger partial charge in [-0.3, -0.25) is 4.99 Å². The Balaban J connectivity index is 1.45. The minimum Gasteiger partial charge on any atom is -0.298 e. The quantitative estimate of drug-likeness (QED) is 0.222. The van der Waals surface area contributed by atoms with E-state index >= 15 is 0 Å². The fraction of sp³-hybridized carbons (Fsp3) is 0.480. The van der Waals surface area contributed by atoms with Crippen LogP contribution in [-0.4, -0.2) is 30.7 Å². The molecular weight excluding hydrogens is 360 g/mol. The summed E-state index contributed by atoms with van der Waals surface area (Å²) in [4.78, 5) is 6.01. The molecule has 0 N–H and O–H groups in total. The van der Waals surface area contributed by atoms with Gasteiger partial charge in [-0.2, -0.15) is 0 Å². The van der Waals surface area contributed by atoms with Crippen molar-refractivity contribution in [1.29, 1.82) is 0 Å². The van der Waals surface area contributed by atoms with Crippen molar-refractivity contribution in [3.05, 3.63) is 66.2 Å².